The number of cyclic esters (lactones) is 1. The standard InChI is InChI=1S/C16H30O2/c1-2-3-4-5-6-7-8-9-10-11-12-15-13-16(17)18-14-15/h15H,2-14H2,1H3. The highest BCUT2D eigenvalue weighted by atomic mass is 16.5. The maximum atomic E-state index is 10.9. The second-order valence-corrected chi connectivity index (χ2v) is 5.72. The Hall–Kier alpha value is -0.530. The molecule has 0 aromatic carbocycles. The van der Waals surface area contributed by atoms with Gasteiger partial charge in [-0.25, -0.2) is 0 Å². The SMILES string of the molecule is CCCCCCCCCCCCC1COC(=O)C1. The summed E-state index contributed by atoms with van der Waals surface area (Å²) in [6.45, 7) is 2.94. The Bertz CT molecular complexity index is 213. The number of carbonyl (C=O) groups excluding carboxylic acids is 1. The van der Waals surface area contributed by atoms with Gasteiger partial charge in [0.2, 0.25) is 0 Å². The van der Waals surface area contributed by atoms with E-state index in [4.69, 9.17) is 4.74 Å². The molecule has 0 amide bonds. The highest BCUT2D eigenvalue weighted by molar-refractivity contribution is 5.71. The van der Waals surface area contributed by atoms with Crippen LogP contribution in [0.5, 0.6) is 0 Å². The van der Waals surface area contributed by atoms with Gasteiger partial charge in [0.25, 0.3) is 0 Å². The minimum Gasteiger partial charge on any atom is -0.465 e. The summed E-state index contributed by atoms with van der Waals surface area (Å²) in [6, 6.07) is 0. The van der Waals surface area contributed by atoms with Crippen LogP contribution in [0.15, 0.2) is 0 Å². The average Bonchev–Trinajstić information content (AvgIpc) is 2.77. The first kappa shape index (κ1) is 15.5. The molecule has 1 unspecified atom stereocenters. The van der Waals surface area contributed by atoms with E-state index in [1.54, 1.807) is 0 Å². The Morgan fingerprint density at radius 2 is 1.50 bits per heavy atom. The van der Waals surface area contributed by atoms with Gasteiger partial charge in [-0.05, 0) is 6.42 Å². The van der Waals surface area contributed by atoms with Gasteiger partial charge < -0.3 is 4.74 Å². The van der Waals surface area contributed by atoms with E-state index >= 15 is 0 Å². The molecule has 0 aromatic rings. The second kappa shape index (κ2) is 10.4. The lowest BCUT2D eigenvalue weighted by Crippen LogP contribution is -1.98. The number of unbranched alkanes of at least 4 members (excludes halogenated alkanes) is 9. The molecule has 0 N–H and O–H groups in total. The summed E-state index contributed by atoms with van der Waals surface area (Å²) < 4.78 is 4.97. The van der Waals surface area contributed by atoms with Crippen molar-refractivity contribution in [3.63, 3.8) is 0 Å². The predicted octanol–water partition coefficient (Wildman–Crippen LogP) is 4.86. The smallest absolute Gasteiger partial charge is 0.306 e. The van der Waals surface area contributed by atoms with Crippen molar-refractivity contribution in [3.05, 3.63) is 0 Å². The van der Waals surface area contributed by atoms with Crippen LogP contribution in [-0.2, 0) is 9.53 Å². The summed E-state index contributed by atoms with van der Waals surface area (Å²) in [4.78, 5) is 10.9. The van der Waals surface area contributed by atoms with E-state index in [0.29, 0.717) is 18.9 Å². The predicted molar refractivity (Wildman–Crippen MR) is 75.5 cm³/mol. The molecule has 2 heteroatoms. The highest BCUT2D eigenvalue weighted by Crippen LogP contribution is 2.21. The van der Waals surface area contributed by atoms with Gasteiger partial charge in [0, 0.05) is 5.92 Å². The molecule has 1 aliphatic rings. The largest absolute Gasteiger partial charge is 0.465 e. The molecular formula is C16H30O2. The van der Waals surface area contributed by atoms with E-state index in [-0.39, 0.29) is 5.97 Å². The highest BCUT2D eigenvalue weighted by Gasteiger charge is 2.22. The molecule has 0 aromatic heterocycles. The topological polar surface area (TPSA) is 26.3 Å². The monoisotopic (exact) mass is 254 g/mol. The van der Waals surface area contributed by atoms with Crippen LogP contribution in [0.3, 0.4) is 0 Å². The van der Waals surface area contributed by atoms with Crippen LogP contribution in [0.4, 0.5) is 0 Å². The Labute approximate surface area is 112 Å². The van der Waals surface area contributed by atoms with Crippen molar-refractivity contribution >= 4 is 5.97 Å². The lowest BCUT2D eigenvalue weighted by molar-refractivity contribution is -0.137. The van der Waals surface area contributed by atoms with Crippen LogP contribution >= 0.6 is 0 Å². The lowest BCUT2D eigenvalue weighted by Gasteiger charge is -2.05. The van der Waals surface area contributed by atoms with Crippen molar-refractivity contribution in [3.8, 4) is 0 Å². The molecule has 1 aliphatic heterocycles. The van der Waals surface area contributed by atoms with Crippen LogP contribution in [0.2, 0.25) is 0 Å². The number of hydrogen-bond donors (Lipinski definition) is 0. The number of carbonyl (C=O) groups is 1. The molecule has 1 saturated heterocycles. The van der Waals surface area contributed by atoms with Crippen molar-refractivity contribution in [2.75, 3.05) is 6.61 Å². The molecule has 0 bridgehead atoms. The van der Waals surface area contributed by atoms with Crippen LogP contribution in [-0.4, -0.2) is 12.6 Å². The van der Waals surface area contributed by atoms with E-state index in [2.05, 4.69) is 6.92 Å². The summed E-state index contributed by atoms with van der Waals surface area (Å²) in [7, 11) is 0. The Balaban J connectivity index is 1.75. The summed E-state index contributed by atoms with van der Waals surface area (Å²) in [5, 5.41) is 0. The quantitative estimate of drug-likeness (QED) is 0.389. The van der Waals surface area contributed by atoms with Crippen molar-refractivity contribution in [1.82, 2.24) is 0 Å². The van der Waals surface area contributed by atoms with Crippen molar-refractivity contribution in [2.45, 2.75) is 84.0 Å². The van der Waals surface area contributed by atoms with Crippen molar-refractivity contribution in [1.29, 1.82) is 0 Å². The zero-order valence-electron chi connectivity index (χ0n) is 12.1. The second-order valence-electron chi connectivity index (χ2n) is 5.72. The van der Waals surface area contributed by atoms with Gasteiger partial charge in [-0.2, -0.15) is 0 Å². The van der Waals surface area contributed by atoms with Gasteiger partial charge in [0.15, 0.2) is 0 Å². The zero-order chi connectivity index (χ0) is 13.1. The average molecular weight is 254 g/mol. The van der Waals surface area contributed by atoms with Gasteiger partial charge in [0.1, 0.15) is 0 Å². The molecule has 18 heavy (non-hydrogen) atoms. The lowest BCUT2D eigenvalue weighted by atomic mass is 9.99. The van der Waals surface area contributed by atoms with Gasteiger partial charge in [-0.3, -0.25) is 4.79 Å². The number of ether oxygens (including phenoxy) is 1. The maximum Gasteiger partial charge on any atom is 0.306 e. The van der Waals surface area contributed by atoms with Gasteiger partial charge in [-0.15, -0.1) is 0 Å². The molecule has 1 rings (SSSR count). The van der Waals surface area contributed by atoms with Gasteiger partial charge >= 0.3 is 5.97 Å². The maximum absolute atomic E-state index is 10.9. The third-order valence-electron chi connectivity index (χ3n) is 3.90. The number of hydrogen-bond acceptors (Lipinski definition) is 2. The van der Waals surface area contributed by atoms with Crippen molar-refractivity contribution in [2.24, 2.45) is 5.92 Å². The summed E-state index contributed by atoms with van der Waals surface area (Å²) >= 11 is 0. The van der Waals surface area contributed by atoms with Gasteiger partial charge in [0.05, 0.1) is 13.0 Å². The molecule has 1 fully saturated rings. The van der Waals surface area contributed by atoms with Crippen LogP contribution in [0.1, 0.15) is 84.0 Å². The normalized spacial score (nSPS) is 19.2. The van der Waals surface area contributed by atoms with E-state index in [1.807, 2.05) is 0 Å². The molecular weight excluding hydrogens is 224 g/mol. The van der Waals surface area contributed by atoms with E-state index in [1.165, 1.54) is 70.6 Å². The first-order chi connectivity index (χ1) is 8.83. The fourth-order valence-corrected chi connectivity index (χ4v) is 2.67. The van der Waals surface area contributed by atoms with E-state index < -0.39 is 0 Å². The molecule has 0 radical (unpaired) electrons. The first-order valence-corrected chi connectivity index (χ1v) is 7.98. The fraction of sp³-hybridized carbons (Fsp3) is 0.938. The Morgan fingerprint density at radius 3 is 2.00 bits per heavy atom. The van der Waals surface area contributed by atoms with Crippen LogP contribution in [0, 0.1) is 5.92 Å². The van der Waals surface area contributed by atoms with Crippen molar-refractivity contribution < 1.29 is 9.53 Å². The minimum absolute atomic E-state index is 0.00655. The molecule has 0 saturated carbocycles. The molecule has 1 atom stereocenters. The summed E-state index contributed by atoms with van der Waals surface area (Å²) in [5.41, 5.74) is 0. The first-order valence-electron chi connectivity index (χ1n) is 7.98. The summed E-state index contributed by atoms with van der Waals surface area (Å²) in [5.74, 6) is 0.527. The Morgan fingerprint density at radius 1 is 0.944 bits per heavy atom. The fourth-order valence-electron chi connectivity index (χ4n) is 2.67. The van der Waals surface area contributed by atoms with Gasteiger partial charge in [-0.1, -0.05) is 71.1 Å². The third-order valence-corrected chi connectivity index (χ3v) is 3.90. The van der Waals surface area contributed by atoms with E-state index in [9.17, 15) is 4.79 Å². The van der Waals surface area contributed by atoms with Crippen LogP contribution < -0.4 is 0 Å². The zero-order valence-corrected chi connectivity index (χ0v) is 12.1. The summed E-state index contributed by atoms with van der Waals surface area (Å²) in [6.07, 6.45) is 15.6. The number of rotatable bonds is 11. The third kappa shape index (κ3) is 7.73. The van der Waals surface area contributed by atoms with E-state index in [0.717, 1.165) is 0 Å². The molecule has 1 heterocycles. The van der Waals surface area contributed by atoms with Crippen LogP contribution in [0.25, 0.3) is 0 Å². The molecule has 2 nitrogen and oxygen atoms in total. The minimum atomic E-state index is 0.00655. The Kier molecular flexibility index (Phi) is 8.97. The molecule has 106 valence electrons. The molecule has 0 spiro atoms. The number of esters is 1. The molecule has 0 aliphatic carbocycles.